The molecular formula is C12H11NO. The highest BCUT2D eigenvalue weighted by Gasteiger charge is 2.35. The summed E-state index contributed by atoms with van der Waals surface area (Å²) < 4.78 is 0. The topological polar surface area (TPSA) is 40.9 Å². The molecule has 0 spiro atoms. The molecule has 14 heavy (non-hydrogen) atoms. The molecule has 0 bridgehead atoms. The largest absolute Gasteiger partial charge is 0.294 e. The zero-order valence-corrected chi connectivity index (χ0v) is 8.29. The second-order valence-corrected chi connectivity index (χ2v) is 4.36. The second-order valence-electron chi connectivity index (χ2n) is 4.36. The Balaban J connectivity index is 2.65. The van der Waals surface area contributed by atoms with Crippen LogP contribution in [-0.2, 0) is 5.41 Å². The molecule has 1 aromatic rings. The van der Waals surface area contributed by atoms with Gasteiger partial charge in [-0.25, -0.2) is 0 Å². The lowest BCUT2D eigenvalue weighted by molar-refractivity contribution is 0.0979. The van der Waals surface area contributed by atoms with Crippen molar-refractivity contribution in [3.05, 3.63) is 34.9 Å². The zero-order valence-electron chi connectivity index (χ0n) is 8.29. The summed E-state index contributed by atoms with van der Waals surface area (Å²) in [5.74, 6) is 0.155. The number of nitrogens with zero attached hydrogens (tertiary/aromatic N) is 1. The first-order valence-corrected chi connectivity index (χ1v) is 4.62. The lowest BCUT2D eigenvalue weighted by Gasteiger charge is -2.17. The van der Waals surface area contributed by atoms with E-state index in [1.165, 1.54) is 0 Å². The molecule has 1 aromatic carbocycles. The molecule has 1 aliphatic rings. The van der Waals surface area contributed by atoms with Gasteiger partial charge in [-0.15, -0.1) is 0 Å². The molecule has 0 unspecified atom stereocenters. The van der Waals surface area contributed by atoms with Gasteiger partial charge in [0.1, 0.15) is 0 Å². The minimum absolute atomic E-state index is 0.0690. The Hall–Kier alpha value is -1.62. The molecule has 0 saturated carbocycles. The number of benzene rings is 1. The maximum absolute atomic E-state index is 11.6. The molecular weight excluding hydrogens is 174 g/mol. The Kier molecular flexibility index (Phi) is 1.72. The van der Waals surface area contributed by atoms with Gasteiger partial charge in [0.25, 0.3) is 0 Å². The summed E-state index contributed by atoms with van der Waals surface area (Å²) in [5.41, 5.74) is 2.30. The predicted molar refractivity (Wildman–Crippen MR) is 53.1 cm³/mol. The molecule has 70 valence electrons. The summed E-state index contributed by atoms with van der Waals surface area (Å²) >= 11 is 0. The van der Waals surface area contributed by atoms with Gasteiger partial charge in [0.05, 0.1) is 11.6 Å². The van der Waals surface area contributed by atoms with Gasteiger partial charge < -0.3 is 0 Å². The average Bonchev–Trinajstić information content (AvgIpc) is 2.37. The highest BCUT2D eigenvalue weighted by Crippen LogP contribution is 2.38. The molecule has 0 N–H and O–H groups in total. The maximum Gasteiger partial charge on any atom is 0.164 e. The molecule has 0 aliphatic heterocycles. The predicted octanol–water partition coefficient (Wildman–Crippen LogP) is 2.42. The van der Waals surface area contributed by atoms with E-state index in [1.54, 1.807) is 12.1 Å². The number of carbonyl (C=O) groups excluding carboxylic acids is 1. The molecule has 0 aromatic heterocycles. The summed E-state index contributed by atoms with van der Waals surface area (Å²) in [6.07, 6.45) is 0.553. The third-order valence-electron chi connectivity index (χ3n) is 2.78. The fourth-order valence-electron chi connectivity index (χ4n) is 2.03. The summed E-state index contributed by atoms with van der Waals surface area (Å²) in [5, 5.41) is 8.72. The van der Waals surface area contributed by atoms with Crippen LogP contribution in [0.5, 0.6) is 0 Å². The number of carbonyl (C=O) groups is 1. The highest BCUT2D eigenvalue weighted by atomic mass is 16.1. The van der Waals surface area contributed by atoms with Crippen LogP contribution in [0, 0.1) is 11.3 Å². The molecule has 2 rings (SSSR count). The van der Waals surface area contributed by atoms with Crippen molar-refractivity contribution in [1.82, 2.24) is 0 Å². The van der Waals surface area contributed by atoms with Crippen molar-refractivity contribution in [2.24, 2.45) is 0 Å². The van der Waals surface area contributed by atoms with Crippen molar-refractivity contribution in [2.45, 2.75) is 25.7 Å². The van der Waals surface area contributed by atoms with Crippen LogP contribution in [0.1, 0.15) is 41.8 Å². The molecule has 0 fully saturated rings. The average molecular weight is 185 g/mol. The first-order chi connectivity index (χ1) is 6.54. The Morgan fingerprint density at radius 1 is 1.43 bits per heavy atom. The van der Waals surface area contributed by atoms with Crippen LogP contribution < -0.4 is 0 Å². The molecule has 2 nitrogen and oxygen atoms in total. The van der Waals surface area contributed by atoms with Crippen molar-refractivity contribution >= 4 is 5.78 Å². The Morgan fingerprint density at radius 3 is 2.79 bits per heavy atom. The lowest BCUT2D eigenvalue weighted by atomic mass is 9.86. The lowest BCUT2D eigenvalue weighted by Crippen LogP contribution is -2.12. The van der Waals surface area contributed by atoms with Gasteiger partial charge in [0.15, 0.2) is 5.78 Å². The molecule has 0 amide bonds. The van der Waals surface area contributed by atoms with Gasteiger partial charge in [0.2, 0.25) is 0 Å². The monoisotopic (exact) mass is 185 g/mol. The number of nitriles is 1. The number of hydrogen-bond donors (Lipinski definition) is 0. The van der Waals surface area contributed by atoms with Crippen LogP contribution in [0.2, 0.25) is 0 Å². The van der Waals surface area contributed by atoms with Gasteiger partial charge in [-0.1, -0.05) is 19.9 Å². The third-order valence-corrected chi connectivity index (χ3v) is 2.78. The first-order valence-electron chi connectivity index (χ1n) is 4.62. The quantitative estimate of drug-likeness (QED) is 0.622. The van der Waals surface area contributed by atoms with E-state index < -0.39 is 0 Å². The number of fused-ring (bicyclic) bond motifs is 1. The Bertz CT molecular complexity index is 452. The highest BCUT2D eigenvalue weighted by molar-refractivity contribution is 6.02. The fraction of sp³-hybridized carbons (Fsp3) is 0.333. The van der Waals surface area contributed by atoms with Crippen molar-refractivity contribution in [1.29, 1.82) is 5.26 Å². The van der Waals surface area contributed by atoms with Crippen molar-refractivity contribution in [2.75, 3.05) is 0 Å². The number of Topliss-reactive ketones (excluding diaryl/α,β-unsaturated/α-hetero) is 1. The maximum atomic E-state index is 11.6. The van der Waals surface area contributed by atoms with Crippen molar-refractivity contribution in [3.8, 4) is 6.07 Å². The van der Waals surface area contributed by atoms with Crippen molar-refractivity contribution in [3.63, 3.8) is 0 Å². The normalized spacial score (nSPS) is 17.6. The van der Waals surface area contributed by atoms with Gasteiger partial charge in [-0.3, -0.25) is 4.79 Å². The fourth-order valence-corrected chi connectivity index (χ4v) is 2.03. The van der Waals surface area contributed by atoms with E-state index in [0.717, 1.165) is 11.1 Å². The van der Waals surface area contributed by atoms with Crippen LogP contribution in [0.4, 0.5) is 0 Å². The molecule has 1 aliphatic carbocycles. The van der Waals surface area contributed by atoms with Crippen LogP contribution in [-0.4, -0.2) is 5.78 Å². The smallest absolute Gasteiger partial charge is 0.164 e. The number of hydrogen-bond acceptors (Lipinski definition) is 2. The van der Waals surface area contributed by atoms with E-state index >= 15 is 0 Å². The van der Waals surface area contributed by atoms with E-state index in [9.17, 15) is 4.79 Å². The van der Waals surface area contributed by atoms with Gasteiger partial charge in [-0.05, 0) is 23.1 Å². The standard InChI is InChI=1S/C12H11NO/c1-12(2)6-11(14)9-5-8(7-13)3-4-10(9)12/h3-5H,6H2,1-2H3. The van der Waals surface area contributed by atoms with Crippen molar-refractivity contribution < 1.29 is 4.79 Å². The van der Waals surface area contributed by atoms with Crippen LogP contribution in [0.25, 0.3) is 0 Å². The van der Waals surface area contributed by atoms with E-state index in [-0.39, 0.29) is 11.2 Å². The van der Waals surface area contributed by atoms with Crippen LogP contribution in [0.3, 0.4) is 0 Å². The Labute approximate surface area is 83.2 Å². The minimum atomic E-state index is -0.0690. The van der Waals surface area contributed by atoms with Gasteiger partial charge >= 0.3 is 0 Å². The Morgan fingerprint density at radius 2 is 2.14 bits per heavy atom. The summed E-state index contributed by atoms with van der Waals surface area (Å²) in [4.78, 5) is 11.6. The van der Waals surface area contributed by atoms with Crippen LogP contribution in [0.15, 0.2) is 18.2 Å². The molecule has 0 saturated heterocycles. The summed E-state index contributed by atoms with van der Waals surface area (Å²) in [6.45, 7) is 4.12. The first kappa shape index (κ1) is 8.96. The van der Waals surface area contributed by atoms with Gasteiger partial charge in [0, 0.05) is 12.0 Å². The van der Waals surface area contributed by atoms with E-state index in [1.807, 2.05) is 6.07 Å². The minimum Gasteiger partial charge on any atom is -0.294 e. The van der Waals surface area contributed by atoms with Crippen LogP contribution >= 0.6 is 0 Å². The third kappa shape index (κ3) is 1.13. The molecule has 0 radical (unpaired) electrons. The van der Waals surface area contributed by atoms with E-state index in [4.69, 9.17) is 5.26 Å². The van der Waals surface area contributed by atoms with E-state index in [2.05, 4.69) is 19.9 Å². The summed E-state index contributed by atoms with van der Waals surface area (Å²) in [6, 6.07) is 7.43. The van der Waals surface area contributed by atoms with Gasteiger partial charge in [-0.2, -0.15) is 5.26 Å². The SMILES string of the molecule is CC1(C)CC(=O)c2cc(C#N)ccc21. The molecule has 0 heterocycles. The van der Waals surface area contributed by atoms with E-state index in [0.29, 0.717) is 12.0 Å². The zero-order chi connectivity index (χ0) is 10.3. The second kappa shape index (κ2) is 2.68. The number of rotatable bonds is 0. The molecule has 0 atom stereocenters. The number of ketones is 1. The molecule has 2 heteroatoms. The summed E-state index contributed by atoms with van der Waals surface area (Å²) in [7, 11) is 0.